The molecular weight excluding hydrogens is 488 g/mol. The average molecular weight is 515 g/mol. The number of hydrogen-bond donors (Lipinski definition) is 0. The molecule has 0 radical (unpaired) electrons. The molecule has 0 aliphatic heterocycles. The molecule has 190 valence electrons. The van der Waals surface area contributed by atoms with Crippen LogP contribution in [0.2, 0.25) is 0 Å². The van der Waals surface area contributed by atoms with Crippen LogP contribution in [0.15, 0.2) is 115 Å². The quantitative estimate of drug-likeness (QED) is 0.237. The number of nitriles is 1. The van der Waals surface area contributed by atoms with Crippen molar-refractivity contribution in [1.29, 1.82) is 5.26 Å². The normalized spacial score (nSPS) is 16.6. The highest BCUT2D eigenvalue weighted by Gasteiger charge is 2.26. The molecule has 2 aliphatic rings. The second-order valence-corrected chi connectivity index (χ2v) is 10.6. The molecule has 0 saturated carbocycles. The van der Waals surface area contributed by atoms with E-state index in [9.17, 15) is 5.26 Å². The average Bonchev–Trinajstić information content (AvgIpc) is 3.54. The van der Waals surface area contributed by atoms with Crippen molar-refractivity contribution in [2.75, 3.05) is 0 Å². The van der Waals surface area contributed by atoms with Crippen LogP contribution >= 0.6 is 0 Å². The van der Waals surface area contributed by atoms with Gasteiger partial charge in [0.2, 0.25) is 0 Å². The molecule has 1 atom stereocenters. The van der Waals surface area contributed by atoms with E-state index in [2.05, 4.69) is 118 Å². The van der Waals surface area contributed by atoms with Gasteiger partial charge in [-0.3, -0.25) is 4.57 Å². The van der Waals surface area contributed by atoms with E-state index in [0.717, 1.165) is 47.4 Å². The fourth-order valence-electron chi connectivity index (χ4n) is 6.67. The van der Waals surface area contributed by atoms with Gasteiger partial charge in [-0.1, -0.05) is 72.8 Å². The van der Waals surface area contributed by atoms with Crippen molar-refractivity contribution in [2.24, 2.45) is 0 Å². The highest BCUT2D eigenvalue weighted by atomic mass is 15.1. The molecular formula is C36H26N4. The Labute approximate surface area is 232 Å². The number of hydrogen-bond acceptors (Lipinski definition) is 2. The monoisotopic (exact) mass is 514 g/mol. The van der Waals surface area contributed by atoms with E-state index in [-0.39, 0.29) is 5.92 Å². The van der Waals surface area contributed by atoms with E-state index in [1.165, 1.54) is 38.5 Å². The van der Waals surface area contributed by atoms with Crippen molar-refractivity contribution in [2.45, 2.75) is 25.2 Å². The molecule has 3 aromatic carbocycles. The van der Waals surface area contributed by atoms with Gasteiger partial charge < -0.3 is 4.57 Å². The molecule has 0 bridgehead atoms. The molecule has 4 heteroatoms. The van der Waals surface area contributed by atoms with Crippen LogP contribution in [0.4, 0.5) is 0 Å². The number of aromatic nitrogens is 3. The third-order valence-corrected chi connectivity index (χ3v) is 8.46. The van der Waals surface area contributed by atoms with Crippen LogP contribution in [0.25, 0.3) is 50.3 Å². The van der Waals surface area contributed by atoms with E-state index in [0.29, 0.717) is 0 Å². The largest absolute Gasteiger partial charge is 0.315 e. The van der Waals surface area contributed by atoms with E-state index in [4.69, 9.17) is 4.98 Å². The second kappa shape index (κ2) is 8.97. The van der Waals surface area contributed by atoms with Crippen molar-refractivity contribution < 1.29 is 0 Å². The summed E-state index contributed by atoms with van der Waals surface area (Å²) in [5.41, 5.74) is 9.09. The van der Waals surface area contributed by atoms with E-state index in [1.54, 1.807) is 0 Å². The van der Waals surface area contributed by atoms with Crippen molar-refractivity contribution in [3.05, 3.63) is 132 Å². The van der Waals surface area contributed by atoms with Crippen molar-refractivity contribution in [3.8, 4) is 11.9 Å². The molecule has 8 rings (SSSR count). The molecule has 3 aromatic heterocycles. The first kappa shape index (κ1) is 22.8. The highest BCUT2D eigenvalue weighted by Crippen LogP contribution is 2.41. The summed E-state index contributed by atoms with van der Waals surface area (Å²) in [4.78, 5) is 4.84. The van der Waals surface area contributed by atoms with E-state index in [1.807, 2.05) is 12.3 Å². The number of rotatable bonds is 3. The third kappa shape index (κ3) is 3.34. The topological polar surface area (TPSA) is 46.5 Å². The molecule has 2 aliphatic carbocycles. The predicted octanol–water partition coefficient (Wildman–Crippen LogP) is 8.57. The van der Waals surface area contributed by atoms with Gasteiger partial charge in [-0.05, 0) is 61.2 Å². The van der Waals surface area contributed by atoms with Crippen molar-refractivity contribution in [1.82, 2.24) is 14.1 Å². The number of para-hydroxylation sites is 3. The van der Waals surface area contributed by atoms with Crippen LogP contribution in [0, 0.1) is 11.3 Å². The number of pyridine rings is 1. The van der Waals surface area contributed by atoms with Crippen LogP contribution in [-0.4, -0.2) is 14.1 Å². The number of fused-ring (bicyclic) bond motifs is 6. The molecule has 0 saturated heterocycles. The molecule has 4 nitrogen and oxygen atoms in total. The summed E-state index contributed by atoms with van der Waals surface area (Å²) < 4.78 is 4.64. The predicted molar refractivity (Wildman–Crippen MR) is 163 cm³/mol. The molecule has 3 heterocycles. The minimum atomic E-state index is 0.137. The summed E-state index contributed by atoms with van der Waals surface area (Å²) in [7, 11) is 0. The van der Waals surface area contributed by atoms with Crippen LogP contribution in [0.1, 0.15) is 35.6 Å². The summed E-state index contributed by atoms with van der Waals surface area (Å²) in [6.07, 6.45) is 13.4. The van der Waals surface area contributed by atoms with Crippen molar-refractivity contribution in [3.63, 3.8) is 0 Å². The number of allylic oxidation sites excluding steroid dienone is 5. The van der Waals surface area contributed by atoms with Gasteiger partial charge in [0.25, 0.3) is 0 Å². The Hall–Kier alpha value is -5.14. The Bertz CT molecular complexity index is 2050. The first-order chi connectivity index (χ1) is 19.8. The maximum atomic E-state index is 10.2. The SMILES string of the molecule is N#CC1=C(n2c3c(c4ccccc42)C=CCC3)CC(c2ccnc(-n3c4ccccc4c4ccccc43)c2)C=C1. The Balaban J connectivity index is 1.25. The highest BCUT2D eigenvalue weighted by molar-refractivity contribution is 6.09. The number of benzene rings is 3. The van der Waals surface area contributed by atoms with Gasteiger partial charge in [-0.25, -0.2) is 4.98 Å². The van der Waals surface area contributed by atoms with E-state index < -0.39 is 0 Å². The lowest BCUT2D eigenvalue weighted by molar-refractivity contribution is 0.797. The maximum absolute atomic E-state index is 10.2. The lowest BCUT2D eigenvalue weighted by Crippen LogP contribution is -2.12. The minimum absolute atomic E-state index is 0.137. The molecule has 1 unspecified atom stereocenters. The fourth-order valence-corrected chi connectivity index (χ4v) is 6.67. The van der Waals surface area contributed by atoms with Crippen LogP contribution < -0.4 is 0 Å². The molecule has 6 aromatic rings. The summed E-state index contributed by atoms with van der Waals surface area (Å²) in [6, 6.07) is 32.5. The zero-order chi connectivity index (χ0) is 26.6. The fraction of sp³-hybridized carbons (Fsp3) is 0.111. The summed E-state index contributed by atoms with van der Waals surface area (Å²) in [5, 5.41) is 13.9. The number of nitrogens with zero attached hydrogens (tertiary/aromatic N) is 4. The molecule has 40 heavy (non-hydrogen) atoms. The van der Waals surface area contributed by atoms with Crippen LogP contribution in [0.3, 0.4) is 0 Å². The zero-order valence-electron chi connectivity index (χ0n) is 22.0. The lowest BCUT2D eigenvalue weighted by atomic mass is 9.88. The molecule has 0 amide bonds. The van der Waals surface area contributed by atoms with Gasteiger partial charge in [0.15, 0.2) is 0 Å². The standard InChI is InChI=1S/C36H26N4/c37-23-26-18-17-24(21-35(26)39-31-13-5-1-9-27(31)28-10-2-6-14-32(28)39)25-19-20-38-36(22-25)40-33-15-7-3-11-29(33)30-12-4-8-16-34(30)40/h1-5,7-13,15-20,22,24H,6,14,21H2. The van der Waals surface area contributed by atoms with E-state index >= 15 is 0 Å². The van der Waals surface area contributed by atoms with Gasteiger partial charge in [-0.2, -0.15) is 5.26 Å². The molecule has 0 N–H and O–H groups in total. The van der Waals surface area contributed by atoms with Gasteiger partial charge in [0, 0.05) is 45.2 Å². The lowest BCUT2D eigenvalue weighted by Gasteiger charge is -2.24. The van der Waals surface area contributed by atoms with Gasteiger partial charge in [0.1, 0.15) is 11.9 Å². The van der Waals surface area contributed by atoms with Gasteiger partial charge in [0.05, 0.1) is 22.1 Å². The Morgan fingerprint density at radius 1 is 0.775 bits per heavy atom. The van der Waals surface area contributed by atoms with Gasteiger partial charge in [-0.15, -0.1) is 0 Å². The minimum Gasteiger partial charge on any atom is -0.315 e. The Morgan fingerprint density at radius 2 is 1.45 bits per heavy atom. The zero-order valence-corrected chi connectivity index (χ0v) is 22.0. The Morgan fingerprint density at radius 3 is 2.17 bits per heavy atom. The third-order valence-electron chi connectivity index (χ3n) is 8.46. The molecule has 0 fully saturated rings. The van der Waals surface area contributed by atoms with Gasteiger partial charge >= 0.3 is 0 Å². The van der Waals surface area contributed by atoms with Crippen molar-refractivity contribution >= 4 is 44.5 Å². The Kier molecular flexibility index (Phi) is 5.11. The van der Waals surface area contributed by atoms with Crippen LogP contribution in [-0.2, 0) is 6.42 Å². The summed E-state index contributed by atoms with van der Waals surface area (Å²) in [5.74, 6) is 1.05. The first-order valence-corrected chi connectivity index (χ1v) is 13.9. The van der Waals surface area contributed by atoms with Crippen LogP contribution in [0.5, 0.6) is 0 Å². The smallest absolute Gasteiger partial charge is 0.137 e. The second-order valence-electron chi connectivity index (χ2n) is 10.6. The molecule has 0 spiro atoms. The first-order valence-electron chi connectivity index (χ1n) is 13.9. The summed E-state index contributed by atoms with van der Waals surface area (Å²) in [6.45, 7) is 0. The summed E-state index contributed by atoms with van der Waals surface area (Å²) >= 11 is 0. The maximum Gasteiger partial charge on any atom is 0.137 e.